The Morgan fingerprint density at radius 2 is 2.05 bits per heavy atom. The topological polar surface area (TPSA) is 80.1 Å². The van der Waals surface area contributed by atoms with Crippen molar-refractivity contribution in [3.05, 3.63) is 11.9 Å². The molecule has 0 saturated heterocycles. The molecule has 20 heavy (non-hydrogen) atoms. The second-order valence-electron chi connectivity index (χ2n) is 5.68. The van der Waals surface area contributed by atoms with Gasteiger partial charge in [-0.15, -0.1) is 5.10 Å². The Hall–Kier alpha value is -1.92. The molecule has 0 aliphatic rings. The molecule has 0 spiro atoms. The molecule has 0 aliphatic heterocycles. The highest BCUT2D eigenvalue weighted by atomic mass is 16.2. The molecule has 1 aromatic heterocycles. The average Bonchev–Trinajstić information content (AvgIpc) is 2.76. The maximum atomic E-state index is 12.0. The SMILES string of the molecule is CCCC(C)(C)NC(=O)c1cn(CC(=O)N(C)C)nn1. The Labute approximate surface area is 119 Å². The second kappa shape index (κ2) is 6.49. The monoisotopic (exact) mass is 281 g/mol. The van der Waals surface area contributed by atoms with Gasteiger partial charge in [0.1, 0.15) is 6.54 Å². The molecule has 0 unspecified atom stereocenters. The molecule has 112 valence electrons. The highest BCUT2D eigenvalue weighted by molar-refractivity contribution is 5.92. The highest BCUT2D eigenvalue weighted by Crippen LogP contribution is 2.11. The summed E-state index contributed by atoms with van der Waals surface area (Å²) in [5.41, 5.74) is -0.0598. The number of carbonyl (C=O) groups is 2. The Kier molecular flexibility index (Phi) is 5.24. The van der Waals surface area contributed by atoms with Crippen LogP contribution in [0.25, 0.3) is 0 Å². The van der Waals surface area contributed by atoms with Gasteiger partial charge in [-0.1, -0.05) is 18.6 Å². The van der Waals surface area contributed by atoms with E-state index in [1.54, 1.807) is 14.1 Å². The van der Waals surface area contributed by atoms with Crippen LogP contribution in [0.4, 0.5) is 0 Å². The third-order valence-corrected chi connectivity index (χ3v) is 2.89. The Bertz CT molecular complexity index is 479. The lowest BCUT2D eigenvalue weighted by molar-refractivity contribution is -0.129. The number of nitrogens with zero attached hydrogens (tertiary/aromatic N) is 4. The van der Waals surface area contributed by atoms with E-state index >= 15 is 0 Å². The van der Waals surface area contributed by atoms with Crippen molar-refractivity contribution in [1.29, 1.82) is 0 Å². The number of amides is 2. The van der Waals surface area contributed by atoms with Crippen LogP contribution in [0, 0.1) is 0 Å². The van der Waals surface area contributed by atoms with Crippen LogP contribution < -0.4 is 5.32 Å². The van der Waals surface area contributed by atoms with Crippen LogP contribution in [0.2, 0.25) is 0 Å². The lowest BCUT2D eigenvalue weighted by atomic mass is 9.99. The fraction of sp³-hybridized carbons (Fsp3) is 0.692. The predicted molar refractivity (Wildman–Crippen MR) is 75.2 cm³/mol. The first kappa shape index (κ1) is 16.1. The fourth-order valence-corrected chi connectivity index (χ4v) is 1.82. The van der Waals surface area contributed by atoms with Crippen LogP contribution >= 0.6 is 0 Å². The average molecular weight is 281 g/mol. The third-order valence-electron chi connectivity index (χ3n) is 2.89. The normalized spacial score (nSPS) is 11.2. The van der Waals surface area contributed by atoms with Crippen molar-refractivity contribution < 1.29 is 9.59 Å². The van der Waals surface area contributed by atoms with Gasteiger partial charge < -0.3 is 10.2 Å². The highest BCUT2D eigenvalue weighted by Gasteiger charge is 2.22. The molecular formula is C13H23N5O2. The van der Waals surface area contributed by atoms with Crippen LogP contribution in [0.1, 0.15) is 44.1 Å². The number of likely N-dealkylation sites (N-methyl/N-ethyl adjacent to an activating group) is 1. The molecule has 0 saturated carbocycles. The first-order valence-electron chi connectivity index (χ1n) is 6.68. The molecule has 0 aliphatic carbocycles. The van der Waals surface area contributed by atoms with Gasteiger partial charge in [0, 0.05) is 19.6 Å². The minimum atomic E-state index is -0.283. The molecule has 0 aromatic carbocycles. The number of carbonyl (C=O) groups excluding carboxylic acids is 2. The fourth-order valence-electron chi connectivity index (χ4n) is 1.82. The lowest BCUT2D eigenvalue weighted by Crippen LogP contribution is -2.43. The molecule has 0 atom stereocenters. The summed E-state index contributed by atoms with van der Waals surface area (Å²) in [6, 6.07) is 0. The molecule has 7 nitrogen and oxygen atoms in total. The molecule has 1 N–H and O–H groups in total. The van der Waals surface area contributed by atoms with E-state index in [2.05, 4.69) is 22.6 Å². The molecule has 1 rings (SSSR count). The lowest BCUT2D eigenvalue weighted by Gasteiger charge is -2.25. The molecule has 2 amide bonds. The van der Waals surface area contributed by atoms with E-state index in [4.69, 9.17) is 0 Å². The van der Waals surface area contributed by atoms with Crippen LogP contribution in [0.3, 0.4) is 0 Å². The Morgan fingerprint density at radius 1 is 1.40 bits per heavy atom. The van der Waals surface area contributed by atoms with E-state index in [0.29, 0.717) is 0 Å². The molecule has 0 radical (unpaired) electrons. The summed E-state index contributed by atoms with van der Waals surface area (Å²) in [6.45, 7) is 6.07. The molecule has 1 aromatic rings. The zero-order valence-corrected chi connectivity index (χ0v) is 12.8. The van der Waals surface area contributed by atoms with Crippen molar-refractivity contribution in [2.45, 2.75) is 45.7 Å². The van der Waals surface area contributed by atoms with Crippen LogP contribution in [-0.2, 0) is 11.3 Å². The number of hydrogen-bond donors (Lipinski definition) is 1. The van der Waals surface area contributed by atoms with Gasteiger partial charge in [0.25, 0.3) is 5.91 Å². The van der Waals surface area contributed by atoms with E-state index in [0.717, 1.165) is 12.8 Å². The van der Waals surface area contributed by atoms with Gasteiger partial charge in [0.2, 0.25) is 5.91 Å². The summed E-state index contributed by atoms with van der Waals surface area (Å²) in [4.78, 5) is 25.1. The minimum Gasteiger partial charge on any atom is -0.347 e. The van der Waals surface area contributed by atoms with E-state index in [1.165, 1.54) is 15.8 Å². The Morgan fingerprint density at radius 3 is 2.60 bits per heavy atom. The van der Waals surface area contributed by atoms with Crippen molar-refractivity contribution in [3.63, 3.8) is 0 Å². The number of rotatable bonds is 6. The molecular weight excluding hydrogens is 258 g/mol. The molecule has 7 heteroatoms. The summed E-state index contributed by atoms with van der Waals surface area (Å²) in [7, 11) is 3.33. The second-order valence-corrected chi connectivity index (χ2v) is 5.68. The summed E-state index contributed by atoms with van der Waals surface area (Å²) in [6.07, 6.45) is 3.35. The first-order valence-corrected chi connectivity index (χ1v) is 6.68. The third kappa shape index (κ3) is 4.64. The maximum absolute atomic E-state index is 12.0. The quantitative estimate of drug-likeness (QED) is 0.831. The van der Waals surface area contributed by atoms with Gasteiger partial charge >= 0.3 is 0 Å². The smallest absolute Gasteiger partial charge is 0.273 e. The van der Waals surface area contributed by atoms with Crippen molar-refractivity contribution in [1.82, 2.24) is 25.2 Å². The zero-order chi connectivity index (χ0) is 15.3. The van der Waals surface area contributed by atoms with E-state index in [-0.39, 0.29) is 29.6 Å². The van der Waals surface area contributed by atoms with Crippen molar-refractivity contribution >= 4 is 11.8 Å². The van der Waals surface area contributed by atoms with Gasteiger partial charge in [-0.25, -0.2) is 4.68 Å². The predicted octanol–water partition coefficient (Wildman–Crippen LogP) is 0.675. The standard InChI is InChI=1S/C13H23N5O2/c1-6-7-13(2,3)14-12(20)10-8-18(16-15-10)9-11(19)17(4)5/h8H,6-7,9H2,1-5H3,(H,14,20). The largest absolute Gasteiger partial charge is 0.347 e. The van der Waals surface area contributed by atoms with Crippen LogP contribution in [-0.4, -0.2) is 51.3 Å². The summed E-state index contributed by atoms with van der Waals surface area (Å²) in [5, 5.41) is 10.5. The summed E-state index contributed by atoms with van der Waals surface area (Å²) >= 11 is 0. The Balaban J connectivity index is 2.67. The van der Waals surface area contributed by atoms with Crippen molar-refractivity contribution in [2.75, 3.05) is 14.1 Å². The molecule has 1 heterocycles. The number of hydrogen-bond acceptors (Lipinski definition) is 4. The summed E-state index contributed by atoms with van der Waals surface area (Å²) in [5.74, 6) is -0.375. The van der Waals surface area contributed by atoms with Gasteiger partial charge in [-0.2, -0.15) is 0 Å². The van der Waals surface area contributed by atoms with Gasteiger partial charge in [0.15, 0.2) is 5.69 Å². The van der Waals surface area contributed by atoms with Gasteiger partial charge in [-0.05, 0) is 20.3 Å². The van der Waals surface area contributed by atoms with Gasteiger partial charge in [0.05, 0.1) is 6.20 Å². The van der Waals surface area contributed by atoms with E-state index in [1.807, 2.05) is 13.8 Å². The van der Waals surface area contributed by atoms with E-state index in [9.17, 15) is 9.59 Å². The number of nitrogens with one attached hydrogen (secondary N) is 1. The first-order chi connectivity index (χ1) is 9.25. The van der Waals surface area contributed by atoms with Crippen LogP contribution in [0.15, 0.2) is 6.20 Å². The molecule has 0 fully saturated rings. The maximum Gasteiger partial charge on any atom is 0.273 e. The minimum absolute atomic E-state index is 0.0750. The number of aromatic nitrogens is 3. The van der Waals surface area contributed by atoms with Crippen LogP contribution in [0.5, 0.6) is 0 Å². The zero-order valence-electron chi connectivity index (χ0n) is 12.8. The molecule has 0 bridgehead atoms. The summed E-state index contributed by atoms with van der Waals surface area (Å²) < 4.78 is 1.37. The van der Waals surface area contributed by atoms with E-state index < -0.39 is 0 Å². The van der Waals surface area contributed by atoms with Crippen molar-refractivity contribution in [2.24, 2.45) is 0 Å². The van der Waals surface area contributed by atoms with Gasteiger partial charge in [-0.3, -0.25) is 9.59 Å². The van der Waals surface area contributed by atoms with Crippen molar-refractivity contribution in [3.8, 4) is 0 Å².